The van der Waals surface area contributed by atoms with Gasteiger partial charge in [-0.15, -0.1) is 0 Å². The van der Waals surface area contributed by atoms with Crippen LogP contribution in [0.25, 0.3) is 5.57 Å². The van der Waals surface area contributed by atoms with Crippen LogP contribution in [0.3, 0.4) is 0 Å². The van der Waals surface area contributed by atoms with Crippen molar-refractivity contribution in [2.45, 2.75) is 58.3 Å². The Kier molecular flexibility index (Phi) is 7.77. The summed E-state index contributed by atoms with van der Waals surface area (Å²) in [6, 6.07) is 15.6. The second-order valence-corrected chi connectivity index (χ2v) is 9.89. The lowest BCUT2D eigenvalue weighted by Gasteiger charge is -2.30. The molecule has 1 aliphatic carbocycles. The summed E-state index contributed by atoms with van der Waals surface area (Å²) in [5, 5.41) is 0. The number of likely N-dealkylation sites (N-methyl/N-ethyl adjacent to an activating group) is 1. The van der Waals surface area contributed by atoms with E-state index in [1.54, 1.807) is 7.11 Å². The Morgan fingerprint density at radius 1 is 1.00 bits per heavy atom. The summed E-state index contributed by atoms with van der Waals surface area (Å²) in [5.41, 5.74) is 10.3. The first-order valence-corrected chi connectivity index (χ1v) is 12.7. The number of benzene rings is 2. The van der Waals surface area contributed by atoms with Crippen molar-refractivity contribution < 1.29 is 4.74 Å². The minimum absolute atomic E-state index is 0.798. The third-order valence-electron chi connectivity index (χ3n) is 7.64. The van der Waals surface area contributed by atoms with Gasteiger partial charge in [0, 0.05) is 24.5 Å². The molecule has 4 rings (SSSR count). The Hall–Kier alpha value is -3.00. The molecule has 0 bridgehead atoms. The van der Waals surface area contributed by atoms with Crippen molar-refractivity contribution in [2.24, 2.45) is 5.92 Å². The lowest BCUT2D eigenvalue weighted by Crippen LogP contribution is -2.18. The van der Waals surface area contributed by atoms with E-state index in [2.05, 4.69) is 68.6 Å². The van der Waals surface area contributed by atoms with E-state index < -0.39 is 0 Å². The zero-order chi connectivity index (χ0) is 24.1. The molecular weight excluding hydrogens is 414 g/mol. The van der Waals surface area contributed by atoms with Crippen molar-refractivity contribution in [3.05, 3.63) is 107 Å². The fourth-order valence-corrected chi connectivity index (χ4v) is 5.43. The molecule has 0 amide bonds. The summed E-state index contributed by atoms with van der Waals surface area (Å²) in [6.07, 6.45) is 14.3. The molecular formula is C32H39NO. The minimum atomic E-state index is 0.798. The smallest absolute Gasteiger partial charge is 0.118 e. The third kappa shape index (κ3) is 5.38. The van der Waals surface area contributed by atoms with E-state index in [9.17, 15) is 0 Å². The van der Waals surface area contributed by atoms with E-state index >= 15 is 0 Å². The van der Waals surface area contributed by atoms with Gasteiger partial charge in [-0.25, -0.2) is 0 Å². The first-order valence-electron chi connectivity index (χ1n) is 12.7. The maximum absolute atomic E-state index is 5.31. The molecule has 1 fully saturated rings. The molecule has 0 spiro atoms. The molecule has 0 radical (unpaired) electrons. The number of allylic oxidation sites excluding steroid dienone is 4. The van der Waals surface area contributed by atoms with Gasteiger partial charge in [-0.3, -0.25) is 0 Å². The number of aryl methyl sites for hydroxylation is 2. The van der Waals surface area contributed by atoms with Gasteiger partial charge in [-0.05, 0) is 77.6 Å². The van der Waals surface area contributed by atoms with Gasteiger partial charge in [0.1, 0.15) is 5.75 Å². The van der Waals surface area contributed by atoms with Crippen LogP contribution in [0.1, 0.15) is 61.3 Å². The van der Waals surface area contributed by atoms with E-state index in [0.717, 1.165) is 30.2 Å². The molecule has 2 aromatic rings. The molecule has 2 aliphatic rings. The van der Waals surface area contributed by atoms with Crippen LogP contribution in [0.5, 0.6) is 5.75 Å². The van der Waals surface area contributed by atoms with Crippen LogP contribution in [0.15, 0.2) is 84.7 Å². The molecule has 0 saturated heterocycles. The first kappa shape index (κ1) is 24.1. The highest BCUT2D eigenvalue weighted by Crippen LogP contribution is 2.38. The van der Waals surface area contributed by atoms with Gasteiger partial charge in [0.05, 0.1) is 7.11 Å². The molecule has 0 unspecified atom stereocenters. The highest BCUT2D eigenvalue weighted by molar-refractivity contribution is 5.86. The summed E-state index contributed by atoms with van der Waals surface area (Å²) >= 11 is 0. The zero-order valence-corrected chi connectivity index (χ0v) is 21.2. The number of rotatable bonds is 8. The number of hydrogen-bond acceptors (Lipinski definition) is 2. The van der Waals surface area contributed by atoms with Crippen LogP contribution in [0.2, 0.25) is 0 Å². The van der Waals surface area contributed by atoms with Gasteiger partial charge in [-0.2, -0.15) is 0 Å². The van der Waals surface area contributed by atoms with E-state index in [0.29, 0.717) is 0 Å². The fraction of sp³-hybridized carbons (Fsp3) is 0.375. The van der Waals surface area contributed by atoms with Crippen molar-refractivity contribution in [2.75, 3.05) is 14.2 Å². The van der Waals surface area contributed by atoms with Gasteiger partial charge in [-0.1, -0.05) is 81.7 Å². The van der Waals surface area contributed by atoms with Gasteiger partial charge in [0.15, 0.2) is 0 Å². The molecule has 2 aromatic carbocycles. The predicted octanol–water partition coefficient (Wildman–Crippen LogP) is 7.91. The average Bonchev–Trinajstić information content (AvgIpc) is 2.87. The number of hydrogen-bond donors (Lipinski definition) is 0. The number of methoxy groups -OCH3 is 1. The Morgan fingerprint density at radius 3 is 2.35 bits per heavy atom. The van der Waals surface area contributed by atoms with E-state index in [1.165, 1.54) is 77.5 Å². The second-order valence-electron chi connectivity index (χ2n) is 9.89. The summed E-state index contributed by atoms with van der Waals surface area (Å²) < 4.78 is 5.31. The summed E-state index contributed by atoms with van der Waals surface area (Å²) in [7, 11) is 3.81. The van der Waals surface area contributed by atoms with Crippen molar-refractivity contribution in [1.29, 1.82) is 0 Å². The minimum Gasteiger partial charge on any atom is -0.497 e. The molecule has 2 heteroatoms. The van der Waals surface area contributed by atoms with E-state index in [4.69, 9.17) is 4.74 Å². The van der Waals surface area contributed by atoms with E-state index in [-0.39, 0.29) is 0 Å². The van der Waals surface area contributed by atoms with Crippen LogP contribution >= 0.6 is 0 Å². The van der Waals surface area contributed by atoms with Crippen molar-refractivity contribution in [3.8, 4) is 5.75 Å². The fourth-order valence-electron chi connectivity index (χ4n) is 5.43. The maximum Gasteiger partial charge on any atom is 0.118 e. The van der Waals surface area contributed by atoms with Gasteiger partial charge < -0.3 is 9.64 Å². The summed E-state index contributed by atoms with van der Waals surface area (Å²) in [5.74, 6) is 1.71. The molecule has 0 atom stereocenters. The average molecular weight is 454 g/mol. The molecule has 1 saturated carbocycles. The number of nitrogens with zero attached hydrogens (tertiary/aromatic N) is 1. The highest BCUT2D eigenvalue weighted by Gasteiger charge is 2.22. The largest absolute Gasteiger partial charge is 0.497 e. The van der Waals surface area contributed by atoms with Gasteiger partial charge in [0.2, 0.25) is 0 Å². The number of ether oxygens (including phenoxy) is 1. The van der Waals surface area contributed by atoms with Crippen LogP contribution in [-0.4, -0.2) is 19.1 Å². The molecule has 1 heterocycles. The maximum atomic E-state index is 5.31. The van der Waals surface area contributed by atoms with Gasteiger partial charge in [0.25, 0.3) is 0 Å². The van der Waals surface area contributed by atoms with Crippen molar-refractivity contribution in [1.82, 2.24) is 4.90 Å². The lowest BCUT2D eigenvalue weighted by atomic mass is 9.80. The topological polar surface area (TPSA) is 12.5 Å². The molecule has 34 heavy (non-hydrogen) atoms. The van der Waals surface area contributed by atoms with Crippen molar-refractivity contribution >= 4 is 5.57 Å². The second kappa shape index (κ2) is 11.0. The first-order chi connectivity index (χ1) is 16.5. The molecule has 0 N–H and O–H groups in total. The quantitative estimate of drug-likeness (QED) is 0.403. The third-order valence-corrected chi connectivity index (χ3v) is 7.64. The molecule has 0 aromatic heterocycles. The molecule has 1 aliphatic heterocycles. The molecule has 178 valence electrons. The molecule has 2 nitrogen and oxygen atoms in total. The normalized spacial score (nSPS) is 17.1. The van der Waals surface area contributed by atoms with Crippen LogP contribution < -0.4 is 4.74 Å². The lowest BCUT2D eigenvalue weighted by molar-refractivity contribution is 0.356. The Morgan fingerprint density at radius 2 is 1.68 bits per heavy atom. The monoisotopic (exact) mass is 453 g/mol. The highest BCUT2D eigenvalue weighted by atomic mass is 16.5. The van der Waals surface area contributed by atoms with Crippen LogP contribution in [0.4, 0.5) is 0 Å². The zero-order valence-electron chi connectivity index (χ0n) is 21.2. The van der Waals surface area contributed by atoms with Crippen LogP contribution in [-0.2, 0) is 19.3 Å². The van der Waals surface area contributed by atoms with Gasteiger partial charge >= 0.3 is 0 Å². The van der Waals surface area contributed by atoms with Crippen molar-refractivity contribution in [3.63, 3.8) is 0 Å². The van der Waals surface area contributed by atoms with E-state index in [1.807, 2.05) is 18.2 Å². The summed E-state index contributed by atoms with van der Waals surface area (Å²) in [4.78, 5) is 2.16. The Labute approximate surface area is 206 Å². The standard InChI is InChI=1S/C32H39NO/c1-6-30-23(2)24(3)33(4)22-32(30)31-21-27(13-12-25-15-18-29(34-5)19-16-25)14-17-28(31)20-26-10-8-7-9-11-26/h6,14-19,21-22,26H,1,3,7-13,20H2,2,4-5H3. The summed E-state index contributed by atoms with van der Waals surface area (Å²) in [6.45, 7) is 10.6. The SMILES string of the molecule is C=CC1=C(C)C(=C)N(C)C=C1c1cc(CCc2ccc(OC)cc2)ccc1CC1CCCCC1. The Bertz CT molecular complexity index is 1100. The Balaban J connectivity index is 1.66. The van der Waals surface area contributed by atoms with Crippen LogP contribution in [0, 0.1) is 5.92 Å². The predicted molar refractivity (Wildman–Crippen MR) is 145 cm³/mol.